The van der Waals surface area contributed by atoms with Gasteiger partial charge in [-0.2, -0.15) is 0 Å². The average Bonchev–Trinajstić information content (AvgIpc) is 3.33. The molecule has 1 saturated carbocycles. The van der Waals surface area contributed by atoms with Gasteiger partial charge in [-0.15, -0.1) is 0 Å². The number of fused-ring (bicyclic) bond motifs is 2. The Bertz CT molecular complexity index is 1380. The van der Waals surface area contributed by atoms with E-state index in [9.17, 15) is 14.6 Å². The van der Waals surface area contributed by atoms with Crippen LogP contribution in [0.1, 0.15) is 31.4 Å². The van der Waals surface area contributed by atoms with Crippen molar-refractivity contribution in [1.29, 1.82) is 0 Å². The number of pyridine rings is 2. The van der Waals surface area contributed by atoms with Crippen LogP contribution in [0.5, 0.6) is 0 Å². The van der Waals surface area contributed by atoms with Gasteiger partial charge >= 0.3 is 0 Å². The third kappa shape index (κ3) is 3.58. The first kappa shape index (κ1) is 21.9. The van der Waals surface area contributed by atoms with Crippen LogP contribution < -0.4 is 11.5 Å². The summed E-state index contributed by atoms with van der Waals surface area (Å²) >= 11 is 6.06. The van der Waals surface area contributed by atoms with Crippen LogP contribution in [-0.4, -0.2) is 37.0 Å². The van der Waals surface area contributed by atoms with E-state index in [1.165, 1.54) is 0 Å². The molecule has 0 aliphatic heterocycles. The number of rotatable bonds is 4. The van der Waals surface area contributed by atoms with Gasteiger partial charge < -0.3 is 26.2 Å². The highest BCUT2D eigenvalue weighted by Gasteiger charge is 2.50. The maximum absolute atomic E-state index is 14.6. The van der Waals surface area contributed by atoms with Crippen LogP contribution in [0.2, 0.25) is 5.02 Å². The molecular formula is C24H25ClFN5O2. The number of nitrogen functional groups attached to an aromatic ring is 2. The number of halogens is 2. The Morgan fingerprint density at radius 1 is 1.21 bits per heavy atom. The molecule has 3 heterocycles. The number of nitrogens with zero attached hydrogens (tertiary/aromatic N) is 3. The average molecular weight is 470 g/mol. The molecule has 4 aromatic rings. The SMILES string of the molecule is C[C@]1(CCc2ccc3cc(Cl)c(N)nc3c2)C[C@@H](n2ccc3c(N)ncc(F)c32)[C@H](O)[C@@H]1O. The third-order valence-electron chi connectivity index (χ3n) is 7.05. The lowest BCUT2D eigenvalue weighted by Crippen LogP contribution is -2.35. The van der Waals surface area contributed by atoms with Crippen LogP contribution in [0.25, 0.3) is 21.8 Å². The molecule has 0 radical (unpaired) electrons. The monoisotopic (exact) mass is 469 g/mol. The van der Waals surface area contributed by atoms with Gasteiger partial charge in [0.25, 0.3) is 0 Å². The molecule has 0 spiro atoms. The van der Waals surface area contributed by atoms with Crippen LogP contribution in [0.4, 0.5) is 16.0 Å². The quantitative estimate of drug-likeness (QED) is 0.360. The van der Waals surface area contributed by atoms with Gasteiger partial charge in [0.1, 0.15) is 17.7 Å². The van der Waals surface area contributed by atoms with Gasteiger partial charge in [0.2, 0.25) is 0 Å². The molecule has 9 heteroatoms. The second-order valence-electron chi connectivity index (χ2n) is 9.22. The Morgan fingerprint density at radius 3 is 2.79 bits per heavy atom. The molecular weight excluding hydrogens is 445 g/mol. The number of anilines is 2. The van der Waals surface area contributed by atoms with Gasteiger partial charge in [0, 0.05) is 17.0 Å². The molecule has 172 valence electrons. The smallest absolute Gasteiger partial charge is 0.165 e. The molecule has 33 heavy (non-hydrogen) atoms. The minimum absolute atomic E-state index is 0.229. The lowest BCUT2D eigenvalue weighted by molar-refractivity contribution is -0.0241. The molecule has 1 aliphatic rings. The number of aliphatic hydroxyl groups is 2. The molecule has 1 aromatic carbocycles. The highest BCUT2D eigenvalue weighted by Crippen LogP contribution is 2.48. The minimum atomic E-state index is -1.04. The molecule has 0 amide bonds. The van der Waals surface area contributed by atoms with Crippen LogP contribution in [0, 0.1) is 11.2 Å². The predicted molar refractivity (Wildman–Crippen MR) is 127 cm³/mol. The Labute approximate surface area is 194 Å². The first-order valence-electron chi connectivity index (χ1n) is 10.8. The van der Waals surface area contributed by atoms with E-state index >= 15 is 0 Å². The minimum Gasteiger partial charge on any atom is -0.390 e. The third-order valence-corrected chi connectivity index (χ3v) is 7.35. The predicted octanol–water partition coefficient (Wildman–Crippen LogP) is 3.85. The van der Waals surface area contributed by atoms with Gasteiger partial charge in [-0.25, -0.2) is 14.4 Å². The lowest BCUT2D eigenvalue weighted by Gasteiger charge is -2.28. The normalized spacial score (nSPS) is 25.3. The first-order chi connectivity index (χ1) is 15.7. The van der Waals surface area contributed by atoms with Gasteiger partial charge in [0.05, 0.1) is 34.4 Å². The number of aromatic nitrogens is 3. The fourth-order valence-electron chi connectivity index (χ4n) is 5.08. The standard InChI is InChI=1S/C24H25ClFN5O2/c1-24(6-4-12-2-3-13-9-15(25)23(28)30-17(13)8-12)10-18(20(32)21(24)33)31-7-5-14-19(31)16(26)11-29-22(14)27/h2-3,5,7-9,11,18,20-21,32-33H,4,6,10H2,1H3,(H2,27,29)(H2,28,30)/t18-,20+,21+,24+/m1/s1. The second kappa shape index (κ2) is 7.83. The summed E-state index contributed by atoms with van der Waals surface area (Å²) in [5, 5.41) is 23.7. The van der Waals surface area contributed by atoms with Crippen LogP contribution >= 0.6 is 11.6 Å². The van der Waals surface area contributed by atoms with Gasteiger partial charge in [-0.1, -0.05) is 30.7 Å². The molecule has 1 aliphatic carbocycles. The molecule has 3 aromatic heterocycles. The van der Waals surface area contributed by atoms with Gasteiger partial charge in [0.15, 0.2) is 5.82 Å². The Hall–Kier alpha value is -2.94. The van der Waals surface area contributed by atoms with Crippen molar-refractivity contribution in [3.8, 4) is 0 Å². The second-order valence-corrected chi connectivity index (χ2v) is 9.63. The summed E-state index contributed by atoms with van der Waals surface area (Å²) in [6, 6.07) is 8.90. The molecule has 4 atom stereocenters. The highest BCUT2D eigenvalue weighted by atomic mass is 35.5. The van der Waals surface area contributed by atoms with Crippen LogP contribution in [-0.2, 0) is 6.42 Å². The summed E-state index contributed by atoms with van der Waals surface area (Å²) in [6.45, 7) is 1.95. The van der Waals surface area contributed by atoms with Crippen LogP contribution in [0.3, 0.4) is 0 Å². The van der Waals surface area contributed by atoms with Crippen molar-refractivity contribution >= 4 is 45.0 Å². The van der Waals surface area contributed by atoms with Crippen molar-refractivity contribution in [3.05, 3.63) is 59.1 Å². The summed E-state index contributed by atoms with van der Waals surface area (Å²) < 4.78 is 16.2. The Kier molecular flexibility index (Phi) is 5.19. The van der Waals surface area contributed by atoms with E-state index in [4.69, 9.17) is 23.1 Å². The number of hydrogen-bond acceptors (Lipinski definition) is 6. The van der Waals surface area contributed by atoms with E-state index in [-0.39, 0.29) is 11.6 Å². The Morgan fingerprint density at radius 2 is 2.00 bits per heavy atom. The van der Waals surface area contributed by atoms with Crippen molar-refractivity contribution in [3.63, 3.8) is 0 Å². The molecule has 6 N–H and O–H groups in total. The summed E-state index contributed by atoms with van der Waals surface area (Å²) in [5.41, 5.74) is 13.3. The molecule has 0 bridgehead atoms. The molecule has 7 nitrogen and oxygen atoms in total. The fourth-order valence-corrected chi connectivity index (χ4v) is 5.24. The van der Waals surface area contributed by atoms with Crippen molar-refractivity contribution < 1.29 is 14.6 Å². The number of nitrogens with two attached hydrogens (primary N) is 2. The lowest BCUT2D eigenvalue weighted by atomic mass is 9.80. The van der Waals surface area contributed by atoms with E-state index < -0.39 is 29.5 Å². The first-order valence-corrected chi connectivity index (χ1v) is 11.2. The van der Waals surface area contributed by atoms with E-state index in [2.05, 4.69) is 9.97 Å². The molecule has 0 unspecified atom stereocenters. The van der Waals surface area contributed by atoms with E-state index in [0.29, 0.717) is 35.2 Å². The topological polar surface area (TPSA) is 123 Å². The molecule has 1 fully saturated rings. The molecule has 5 rings (SSSR count). The largest absolute Gasteiger partial charge is 0.390 e. The van der Waals surface area contributed by atoms with Gasteiger partial charge in [-0.05, 0) is 48.4 Å². The molecule has 0 saturated heterocycles. The summed E-state index contributed by atoms with van der Waals surface area (Å²) in [7, 11) is 0. The maximum atomic E-state index is 14.6. The van der Waals surface area contributed by atoms with E-state index in [1.54, 1.807) is 22.9 Å². The van der Waals surface area contributed by atoms with Crippen molar-refractivity contribution in [1.82, 2.24) is 14.5 Å². The van der Waals surface area contributed by atoms with E-state index in [1.807, 2.05) is 25.1 Å². The van der Waals surface area contributed by atoms with E-state index in [0.717, 1.165) is 22.7 Å². The maximum Gasteiger partial charge on any atom is 0.165 e. The van der Waals surface area contributed by atoms with Crippen molar-refractivity contribution in [2.75, 3.05) is 11.5 Å². The number of hydrogen-bond donors (Lipinski definition) is 4. The fraction of sp³-hybridized carbons (Fsp3) is 0.333. The van der Waals surface area contributed by atoms with Gasteiger partial charge in [-0.3, -0.25) is 0 Å². The zero-order chi connectivity index (χ0) is 23.5. The number of benzene rings is 1. The summed E-state index contributed by atoms with van der Waals surface area (Å²) in [6.07, 6.45) is 2.55. The van der Waals surface area contributed by atoms with Crippen LogP contribution in [0.15, 0.2) is 42.7 Å². The summed E-state index contributed by atoms with van der Waals surface area (Å²) in [4.78, 5) is 8.21. The van der Waals surface area contributed by atoms with Crippen molar-refractivity contribution in [2.24, 2.45) is 5.41 Å². The van der Waals surface area contributed by atoms with Crippen molar-refractivity contribution in [2.45, 2.75) is 44.4 Å². The summed E-state index contributed by atoms with van der Waals surface area (Å²) in [5.74, 6) is 0.00259. The zero-order valence-electron chi connectivity index (χ0n) is 18.0. The number of aliphatic hydroxyl groups excluding tert-OH is 2. The number of aryl methyl sites for hydroxylation is 1. The Balaban J connectivity index is 1.40. The highest BCUT2D eigenvalue weighted by molar-refractivity contribution is 6.33. The zero-order valence-corrected chi connectivity index (χ0v) is 18.8.